The molecule has 92 valence electrons. The van der Waals surface area contributed by atoms with Crippen LogP contribution >= 0.6 is 0 Å². The van der Waals surface area contributed by atoms with Crippen LogP contribution < -0.4 is 0 Å². The largest absolute Gasteiger partial charge is 0.444 e. The number of likely N-dealkylation sites (N-methyl/N-ethyl adjacent to an activating group) is 1. The van der Waals surface area contributed by atoms with Gasteiger partial charge in [0.25, 0.3) is 0 Å². The van der Waals surface area contributed by atoms with Crippen LogP contribution in [0.2, 0.25) is 0 Å². The van der Waals surface area contributed by atoms with E-state index in [-0.39, 0.29) is 0 Å². The van der Waals surface area contributed by atoms with Crippen molar-refractivity contribution < 1.29 is 14.6 Å². The molecule has 0 aromatic heterocycles. The number of hydrogen-bond donors (Lipinski definition) is 1. The van der Waals surface area contributed by atoms with Crippen molar-refractivity contribution in [2.24, 2.45) is 0 Å². The first-order valence-electron chi connectivity index (χ1n) is 5.07. The summed E-state index contributed by atoms with van der Waals surface area (Å²) >= 11 is 0. The highest BCUT2D eigenvalue weighted by Gasteiger charge is 2.37. The first-order chi connectivity index (χ1) is 7.02. The summed E-state index contributed by atoms with van der Waals surface area (Å²) in [4.78, 5) is 12.9. The monoisotopic (exact) mass is 228 g/mol. The van der Waals surface area contributed by atoms with Gasteiger partial charge in [-0.15, -0.1) is 0 Å². The normalized spacial score (nSPS) is 13.9. The highest BCUT2D eigenvalue weighted by molar-refractivity contribution is 5.69. The number of aliphatic hydroxyl groups excluding tert-OH is 1. The molecule has 0 aliphatic rings. The fourth-order valence-corrected chi connectivity index (χ4v) is 0.907. The van der Waals surface area contributed by atoms with Gasteiger partial charge in [-0.1, -0.05) is 0 Å². The molecule has 1 N–H and O–H groups in total. The van der Waals surface area contributed by atoms with E-state index in [1.807, 2.05) is 0 Å². The third kappa shape index (κ3) is 3.70. The van der Waals surface area contributed by atoms with E-state index >= 15 is 0 Å². The predicted molar refractivity (Wildman–Crippen MR) is 59.7 cm³/mol. The van der Waals surface area contributed by atoms with Crippen molar-refractivity contribution >= 4 is 6.09 Å². The summed E-state index contributed by atoms with van der Waals surface area (Å²) in [6, 6.07) is 1.71. The second-order valence-electron chi connectivity index (χ2n) is 5.22. The molecular weight excluding hydrogens is 208 g/mol. The van der Waals surface area contributed by atoms with Gasteiger partial charge in [0.1, 0.15) is 5.60 Å². The van der Waals surface area contributed by atoms with E-state index < -0.39 is 23.3 Å². The fraction of sp³-hybridized carbons (Fsp3) is 0.818. The van der Waals surface area contributed by atoms with E-state index in [2.05, 4.69) is 0 Å². The molecular formula is C11H20N2O3. The molecule has 0 fully saturated rings. The Morgan fingerprint density at radius 3 is 2.12 bits per heavy atom. The first-order valence-corrected chi connectivity index (χ1v) is 5.07. The van der Waals surface area contributed by atoms with E-state index in [1.165, 1.54) is 11.9 Å². The maximum Gasteiger partial charge on any atom is 0.410 e. The van der Waals surface area contributed by atoms with E-state index in [0.717, 1.165) is 0 Å². The number of rotatable bonds is 2. The highest BCUT2D eigenvalue weighted by atomic mass is 16.6. The van der Waals surface area contributed by atoms with Gasteiger partial charge in [0, 0.05) is 7.05 Å². The zero-order valence-corrected chi connectivity index (χ0v) is 10.7. The minimum absolute atomic E-state index is 0.563. The van der Waals surface area contributed by atoms with Crippen LogP contribution in [-0.2, 0) is 4.74 Å². The van der Waals surface area contributed by atoms with Gasteiger partial charge >= 0.3 is 6.09 Å². The number of carbonyl (C=O) groups excluding carboxylic acids is 1. The number of carbonyl (C=O) groups is 1. The number of amides is 1. The molecule has 5 nitrogen and oxygen atoms in total. The van der Waals surface area contributed by atoms with E-state index in [1.54, 1.807) is 40.7 Å². The number of nitrogens with zero attached hydrogens (tertiary/aromatic N) is 2. The van der Waals surface area contributed by atoms with Gasteiger partial charge in [-0.05, 0) is 34.6 Å². The minimum atomic E-state index is -1.26. The molecule has 1 unspecified atom stereocenters. The Hall–Kier alpha value is -1.28. The molecule has 0 radical (unpaired) electrons. The molecule has 0 bridgehead atoms. The fourth-order valence-electron chi connectivity index (χ4n) is 0.907. The van der Waals surface area contributed by atoms with Crippen LogP contribution in [0.4, 0.5) is 4.79 Å². The summed E-state index contributed by atoms with van der Waals surface area (Å²) < 4.78 is 5.15. The number of nitriles is 1. The van der Waals surface area contributed by atoms with Crippen molar-refractivity contribution in [2.45, 2.75) is 51.9 Å². The van der Waals surface area contributed by atoms with Crippen LogP contribution in [0.1, 0.15) is 34.6 Å². The lowest BCUT2D eigenvalue weighted by Crippen LogP contribution is -2.53. The van der Waals surface area contributed by atoms with Crippen LogP contribution in [0.3, 0.4) is 0 Å². The maximum atomic E-state index is 11.7. The molecule has 16 heavy (non-hydrogen) atoms. The minimum Gasteiger partial charge on any atom is -0.444 e. The predicted octanol–water partition coefficient (Wildman–Crippen LogP) is 1.52. The van der Waals surface area contributed by atoms with Crippen LogP contribution in [-0.4, -0.2) is 40.4 Å². The SMILES string of the molecule is CN(C(=O)OC(C)(C)C)C(C)(C)C(O)C#N. The standard InChI is InChI=1S/C11H20N2O3/c1-10(2,3)16-9(15)13(6)11(4,5)8(14)7-12/h8,14H,1-6H3. The van der Waals surface area contributed by atoms with Gasteiger partial charge in [0.05, 0.1) is 11.6 Å². The molecule has 0 rings (SSSR count). The van der Waals surface area contributed by atoms with Crippen molar-refractivity contribution in [1.82, 2.24) is 4.90 Å². The van der Waals surface area contributed by atoms with Crippen LogP contribution in [0.5, 0.6) is 0 Å². The summed E-state index contributed by atoms with van der Waals surface area (Å²) in [5, 5.41) is 18.1. The molecule has 0 aromatic carbocycles. The molecule has 0 aromatic rings. The topological polar surface area (TPSA) is 73.6 Å². The Bertz CT molecular complexity index is 299. The summed E-state index contributed by atoms with van der Waals surface area (Å²) in [5.41, 5.74) is -1.59. The molecule has 0 spiro atoms. The Morgan fingerprint density at radius 1 is 1.38 bits per heavy atom. The lowest BCUT2D eigenvalue weighted by Gasteiger charge is -2.37. The van der Waals surface area contributed by atoms with Crippen molar-refractivity contribution in [3.63, 3.8) is 0 Å². The van der Waals surface area contributed by atoms with Gasteiger partial charge < -0.3 is 14.7 Å². The van der Waals surface area contributed by atoms with Gasteiger partial charge in [-0.3, -0.25) is 0 Å². The zero-order chi connectivity index (χ0) is 13.1. The van der Waals surface area contributed by atoms with Crippen LogP contribution in [0, 0.1) is 11.3 Å². The summed E-state index contributed by atoms with van der Waals surface area (Å²) in [5.74, 6) is 0. The number of ether oxygens (including phenoxy) is 1. The van der Waals surface area contributed by atoms with Gasteiger partial charge in [0.2, 0.25) is 0 Å². The highest BCUT2D eigenvalue weighted by Crippen LogP contribution is 2.20. The third-order valence-electron chi connectivity index (χ3n) is 2.32. The lowest BCUT2D eigenvalue weighted by molar-refractivity contribution is -0.0118. The van der Waals surface area contributed by atoms with Crippen molar-refractivity contribution in [2.75, 3.05) is 7.05 Å². The lowest BCUT2D eigenvalue weighted by atomic mass is 9.97. The quantitative estimate of drug-likeness (QED) is 0.727. The second kappa shape index (κ2) is 4.71. The second-order valence-corrected chi connectivity index (χ2v) is 5.22. The van der Waals surface area contributed by atoms with E-state index in [9.17, 15) is 9.90 Å². The number of aliphatic hydroxyl groups is 1. The van der Waals surface area contributed by atoms with Crippen LogP contribution in [0.15, 0.2) is 0 Å². The summed E-state index contributed by atoms with van der Waals surface area (Å²) in [7, 11) is 1.49. The molecule has 5 heteroatoms. The summed E-state index contributed by atoms with van der Waals surface area (Å²) in [6.07, 6.45) is -1.82. The molecule has 0 aliphatic heterocycles. The Morgan fingerprint density at radius 2 is 1.81 bits per heavy atom. The maximum absolute atomic E-state index is 11.7. The molecule has 1 amide bonds. The average Bonchev–Trinajstić information content (AvgIpc) is 2.12. The van der Waals surface area contributed by atoms with Gasteiger partial charge in [-0.25, -0.2) is 4.79 Å². The Balaban J connectivity index is 4.75. The molecule has 0 aliphatic carbocycles. The van der Waals surface area contributed by atoms with Gasteiger partial charge in [0.15, 0.2) is 6.10 Å². The molecule has 0 heterocycles. The average molecular weight is 228 g/mol. The molecule has 1 atom stereocenters. The van der Waals surface area contributed by atoms with E-state index in [4.69, 9.17) is 10.00 Å². The number of hydrogen-bond acceptors (Lipinski definition) is 4. The van der Waals surface area contributed by atoms with Gasteiger partial charge in [-0.2, -0.15) is 5.26 Å². The van der Waals surface area contributed by atoms with Crippen LogP contribution in [0.25, 0.3) is 0 Å². The van der Waals surface area contributed by atoms with Crippen molar-refractivity contribution in [3.8, 4) is 6.07 Å². The molecule has 0 saturated carbocycles. The Kier molecular flexibility index (Phi) is 4.33. The van der Waals surface area contributed by atoms with E-state index in [0.29, 0.717) is 0 Å². The zero-order valence-electron chi connectivity index (χ0n) is 10.7. The smallest absolute Gasteiger partial charge is 0.410 e. The molecule has 0 saturated heterocycles. The Labute approximate surface area is 96.6 Å². The summed E-state index contributed by atoms with van der Waals surface area (Å²) in [6.45, 7) is 8.47. The third-order valence-corrected chi connectivity index (χ3v) is 2.32. The first kappa shape index (κ1) is 14.7. The van der Waals surface area contributed by atoms with Crippen molar-refractivity contribution in [1.29, 1.82) is 5.26 Å². The van der Waals surface area contributed by atoms with Crippen molar-refractivity contribution in [3.05, 3.63) is 0 Å².